The van der Waals surface area contributed by atoms with Crippen molar-refractivity contribution in [3.63, 3.8) is 0 Å². The molecule has 0 aromatic heterocycles. The van der Waals surface area contributed by atoms with Crippen LogP contribution in [-0.2, 0) is 9.53 Å². The molecule has 6 heteroatoms. The zero-order chi connectivity index (χ0) is 17.0. The highest BCUT2D eigenvalue weighted by molar-refractivity contribution is 6.07. The molecule has 3 saturated heterocycles. The lowest BCUT2D eigenvalue weighted by molar-refractivity contribution is -0.140. The number of hydrogen-bond donors (Lipinski definition) is 1. The normalized spacial score (nSPS) is 31.3. The van der Waals surface area contributed by atoms with E-state index in [0.29, 0.717) is 18.9 Å². The van der Waals surface area contributed by atoms with E-state index in [1.165, 1.54) is 4.90 Å². The van der Waals surface area contributed by atoms with E-state index in [-0.39, 0.29) is 29.6 Å². The van der Waals surface area contributed by atoms with Crippen LogP contribution in [0.4, 0.5) is 4.79 Å². The molecule has 0 radical (unpaired) electrons. The molecule has 1 unspecified atom stereocenters. The van der Waals surface area contributed by atoms with Gasteiger partial charge in [-0.2, -0.15) is 0 Å². The summed E-state index contributed by atoms with van der Waals surface area (Å²) in [5, 5.41) is 2.99. The van der Waals surface area contributed by atoms with Crippen molar-refractivity contribution in [3.8, 4) is 0 Å². The van der Waals surface area contributed by atoms with Crippen LogP contribution in [0.3, 0.4) is 0 Å². The van der Waals surface area contributed by atoms with Crippen LogP contribution in [0.1, 0.15) is 40.5 Å². The highest BCUT2D eigenvalue weighted by Gasteiger charge is 2.61. The molecule has 6 nitrogen and oxygen atoms in total. The second-order valence-corrected chi connectivity index (χ2v) is 8.26. The Kier molecular flexibility index (Phi) is 3.61. The van der Waals surface area contributed by atoms with E-state index < -0.39 is 5.54 Å². The van der Waals surface area contributed by atoms with Gasteiger partial charge in [-0.25, -0.2) is 4.79 Å². The summed E-state index contributed by atoms with van der Waals surface area (Å²) in [7, 11) is 0. The Morgan fingerprint density at radius 3 is 2.30 bits per heavy atom. The van der Waals surface area contributed by atoms with Crippen LogP contribution < -0.4 is 5.32 Å². The van der Waals surface area contributed by atoms with Crippen LogP contribution >= 0.6 is 0 Å². The summed E-state index contributed by atoms with van der Waals surface area (Å²) in [5.74, 6) is -0.120. The number of nitrogens with zero attached hydrogens (tertiary/aromatic N) is 2. The van der Waals surface area contributed by atoms with Crippen molar-refractivity contribution >= 4 is 11.9 Å². The zero-order valence-corrected chi connectivity index (χ0v) is 14.5. The first-order chi connectivity index (χ1) is 10.6. The van der Waals surface area contributed by atoms with Crippen molar-refractivity contribution in [1.29, 1.82) is 0 Å². The molecule has 1 spiro atoms. The average Bonchev–Trinajstić information content (AvgIpc) is 3.19. The Balaban J connectivity index is 1.90. The van der Waals surface area contributed by atoms with E-state index in [1.54, 1.807) is 6.08 Å². The maximum Gasteiger partial charge on any atom is 0.325 e. The summed E-state index contributed by atoms with van der Waals surface area (Å²) in [6, 6.07) is -0.305. The van der Waals surface area contributed by atoms with Crippen LogP contribution in [0.5, 0.6) is 0 Å². The third-order valence-corrected chi connectivity index (χ3v) is 5.28. The van der Waals surface area contributed by atoms with Crippen molar-refractivity contribution in [2.45, 2.75) is 63.3 Å². The second kappa shape index (κ2) is 5.05. The summed E-state index contributed by atoms with van der Waals surface area (Å²) < 4.78 is 5.40. The zero-order valence-electron chi connectivity index (χ0n) is 14.5. The number of hydrogen-bond acceptors (Lipinski definition) is 4. The first-order valence-electron chi connectivity index (χ1n) is 8.26. The summed E-state index contributed by atoms with van der Waals surface area (Å²) in [6.45, 7) is 14.2. The predicted octanol–water partition coefficient (Wildman–Crippen LogP) is 1.51. The van der Waals surface area contributed by atoms with Gasteiger partial charge in [0.05, 0.1) is 12.7 Å². The number of epoxide rings is 1. The first kappa shape index (κ1) is 16.5. The number of imide groups is 1. The second-order valence-electron chi connectivity index (χ2n) is 8.26. The van der Waals surface area contributed by atoms with Gasteiger partial charge >= 0.3 is 6.03 Å². The van der Waals surface area contributed by atoms with Crippen molar-refractivity contribution in [2.24, 2.45) is 0 Å². The average molecular weight is 321 g/mol. The monoisotopic (exact) mass is 321 g/mol. The predicted molar refractivity (Wildman–Crippen MR) is 87.0 cm³/mol. The van der Waals surface area contributed by atoms with E-state index >= 15 is 0 Å². The van der Waals surface area contributed by atoms with Gasteiger partial charge in [0.1, 0.15) is 5.54 Å². The van der Waals surface area contributed by atoms with Crippen LogP contribution in [0.15, 0.2) is 12.7 Å². The molecule has 0 saturated carbocycles. The van der Waals surface area contributed by atoms with Gasteiger partial charge in [0, 0.05) is 24.2 Å². The first-order valence-corrected chi connectivity index (χ1v) is 8.26. The van der Waals surface area contributed by atoms with Gasteiger partial charge in [-0.15, -0.1) is 6.58 Å². The number of carbonyl (C=O) groups excluding carboxylic acids is 2. The van der Waals surface area contributed by atoms with Gasteiger partial charge in [-0.3, -0.25) is 14.6 Å². The third-order valence-electron chi connectivity index (χ3n) is 5.28. The fourth-order valence-corrected chi connectivity index (χ4v) is 4.63. The molecule has 23 heavy (non-hydrogen) atoms. The fraction of sp³-hybridized carbons (Fsp3) is 0.765. The van der Waals surface area contributed by atoms with Gasteiger partial charge in [0.2, 0.25) is 0 Å². The molecule has 3 aliphatic rings. The number of ether oxygens (including phenoxy) is 1. The van der Waals surface area contributed by atoms with E-state index in [0.717, 1.165) is 13.2 Å². The van der Waals surface area contributed by atoms with Gasteiger partial charge in [-0.05, 0) is 40.5 Å². The number of piperidine rings is 1. The molecule has 0 aromatic rings. The van der Waals surface area contributed by atoms with Crippen molar-refractivity contribution in [1.82, 2.24) is 15.1 Å². The number of rotatable bonds is 4. The molecular formula is C17H27N3O3. The summed E-state index contributed by atoms with van der Waals surface area (Å²) in [6.07, 6.45) is 3.10. The number of likely N-dealkylation sites (tertiary alicyclic amines) is 1. The number of urea groups is 1. The van der Waals surface area contributed by atoms with Gasteiger partial charge < -0.3 is 10.1 Å². The van der Waals surface area contributed by atoms with Gasteiger partial charge in [0.15, 0.2) is 0 Å². The molecule has 0 aliphatic carbocycles. The van der Waals surface area contributed by atoms with Gasteiger partial charge in [0.25, 0.3) is 5.91 Å². The Bertz CT molecular complexity index is 533. The fourth-order valence-electron chi connectivity index (χ4n) is 4.63. The lowest BCUT2D eigenvalue weighted by atomic mass is 9.69. The Hall–Kier alpha value is -1.40. The molecule has 3 aliphatic heterocycles. The van der Waals surface area contributed by atoms with E-state index in [1.807, 2.05) is 0 Å². The molecule has 1 N–H and O–H groups in total. The highest BCUT2D eigenvalue weighted by Crippen LogP contribution is 2.46. The minimum absolute atomic E-state index is 0.120. The molecule has 3 amide bonds. The molecule has 3 fully saturated rings. The van der Waals surface area contributed by atoms with Gasteiger partial charge in [-0.1, -0.05) is 6.08 Å². The summed E-state index contributed by atoms with van der Waals surface area (Å²) >= 11 is 0. The summed E-state index contributed by atoms with van der Waals surface area (Å²) in [5.41, 5.74) is -1.23. The third kappa shape index (κ3) is 2.68. The molecular weight excluding hydrogens is 294 g/mol. The molecule has 0 bridgehead atoms. The number of carbonyl (C=O) groups is 2. The Morgan fingerprint density at radius 2 is 1.83 bits per heavy atom. The number of amides is 3. The smallest absolute Gasteiger partial charge is 0.325 e. The van der Waals surface area contributed by atoms with E-state index in [2.05, 4.69) is 44.5 Å². The van der Waals surface area contributed by atoms with Crippen LogP contribution in [-0.4, -0.2) is 64.2 Å². The van der Waals surface area contributed by atoms with Crippen molar-refractivity contribution < 1.29 is 14.3 Å². The van der Waals surface area contributed by atoms with E-state index in [9.17, 15) is 9.59 Å². The Labute approximate surface area is 137 Å². The Morgan fingerprint density at radius 1 is 1.26 bits per heavy atom. The minimum Gasteiger partial charge on any atom is -0.372 e. The molecule has 0 aromatic carbocycles. The van der Waals surface area contributed by atoms with Crippen molar-refractivity contribution in [2.75, 3.05) is 19.7 Å². The van der Waals surface area contributed by atoms with E-state index in [4.69, 9.17) is 4.74 Å². The molecule has 1 atom stereocenters. The lowest BCUT2D eigenvalue weighted by Crippen LogP contribution is -2.70. The quantitative estimate of drug-likeness (QED) is 0.484. The SMILES string of the molecule is C=CCN1C(=O)NC2(CC(C)(C)N(CC3CO3)C(C)(C)C2)C1=O. The highest BCUT2D eigenvalue weighted by atomic mass is 16.6. The van der Waals surface area contributed by atoms with Crippen LogP contribution in [0.2, 0.25) is 0 Å². The van der Waals surface area contributed by atoms with Crippen LogP contribution in [0.25, 0.3) is 0 Å². The topological polar surface area (TPSA) is 65.2 Å². The molecule has 3 heterocycles. The standard InChI is InChI=1S/C17H27N3O3/c1-6-7-19-13(21)17(18-14(19)22)10-15(2,3)20(8-12-9-23-12)16(4,5)11-17/h6,12H,1,7-11H2,2-5H3,(H,18,22). The molecule has 3 rings (SSSR count). The maximum atomic E-state index is 13.0. The largest absolute Gasteiger partial charge is 0.372 e. The van der Waals surface area contributed by atoms with Crippen LogP contribution in [0, 0.1) is 0 Å². The maximum absolute atomic E-state index is 13.0. The molecule has 128 valence electrons. The van der Waals surface area contributed by atoms with Crippen molar-refractivity contribution in [3.05, 3.63) is 12.7 Å². The minimum atomic E-state index is -0.812. The lowest BCUT2D eigenvalue weighted by Gasteiger charge is -2.57. The summed E-state index contributed by atoms with van der Waals surface area (Å²) in [4.78, 5) is 28.9. The number of nitrogens with one attached hydrogen (secondary N) is 1.